The van der Waals surface area contributed by atoms with E-state index < -0.39 is 0 Å². The molecule has 2 aliphatic carbocycles. The van der Waals surface area contributed by atoms with Gasteiger partial charge >= 0.3 is 0 Å². The summed E-state index contributed by atoms with van der Waals surface area (Å²) in [5.41, 5.74) is 1.91. The van der Waals surface area contributed by atoms with E-state index in [0.29, 0.717) is 10.8 Å². The summed E-state index contributed by atoms with van der Waals surface area (Å²) in [5, 5.41) is 0. The van der Waals surface area contributed by atoms with Gasteiger partial charge in [0, 0.05) is 0 Å². The van der Waals surface area contributed by atoms with E-state index >= 15 is 0 Å². The van der Waals surface area contributed by atoms with Crippen LogP contribution in [0.5, 0.6) is 0 Å². The van der Waals surface area contributed by atoms with E-state index in [1.165, 1.54) is 25.7 Å². The first kappa shape index (κ1) is 11.5. The van der Waals surface area contributed by atoms with Crippen LogP contribution in [0, 0.1) is 28.1 Å². The van der Waals surface area contributed by atoms with Gasteiger partial charge in [-0.15, -0.1) is 0 Å². The smallest absolute Gasteiger partial charge is 0.0286 e. The lowest BCUT2D eigenvalue weighted by molar-refractivity contribution is -0.129. The van der Waals surface area contributed by atoms with Gasteiger partial charge in [-0.1, -0.05) is 41.5 Å². The van der Waals surface area contributed by atoms with Gasteiger partial charge in [0.05, 0.1) is 0 Å². The van der Waals surface area contributed by atoms with Crippen LogP contribution in [0.2, 0.25) is 0 Å². The molecule has 2 rings (SSSR count). The Balaban J connectivity index is 1.83. The zero-order valence-corrected chi connectivity index (χ0v) is 11.5. The summed E-state index contributed by atoms with van der Waals surface area (Å²) in [6.45, 7) is 14.4. The van der Waals surface area contributed by atoms with Crippen LogP contribution in [0.3, 0.4) is 0 Å². The van der Waals surface area contributed by atoms with Crippen molar-refractivity contribution in [1.29, 1.82) is 0 Å². The Labute approximate surface area is 95.8 Å². The van der Waals surface area contributed by atoms with Gasteiger partial charge in [-0.3, -0.25) is 0 Å². The molecule has 15 heavy (non-hydrogen) atoms. The third-order valence-corrected chi connectivity index (χ3v) is 5.17. The molecule has 0 heterocycles. The minimum atomic E-state index is 0.554. The fraction of sp³-hybridized carbons (Fsp3) is 1.00. The fourth-order valence-electron chi connectivity index (χ4n) is 3.53. The molecule has 0 bridgehead atoms. The fourth-order valence-corrected chi connectivity index (χ4v) is 3.53. The Kier molecular flexibility index (Phi) is 2.31. The average molecular weight is 208 g/mol. The van der Waals surface area contributed by atoms with Crippen molar-refractivity contribution < 1.29 is 0 Å². The maximum absolute atomic E-state index is 2.41. The van der Waals surface area contributed by atoms with Gasteiger partial charge in [0.1, 0.15) is 0 Å². The van der Waals surface area contributed by atoms with Crippen LogP contribution in [-0.2, 0) is 0 Å². The van der Waals surface area contributed by atoms with E-state index in [0.717, 1.165) is 17.3 Å². The van der Waals surface area contributed by atoms with Crippen molar-refractivity contribution in [2.45, 2.75) is 67.2 Å². The van der Waals surface area contributed by atoms with E-state index in [4.69, 9.17) is 0 Å². The minimum absolute atomic E-state index is 0.554. The lowest BCUT2D eigenvalue weighted by Crippen LogP contribution is -2.53. The van der Waals surface area contributed by atoms with Gasteiger partial charge in [-0.2, -0.15) is 0 Å². The minimum Gasteiger partial charge on any atom is -0.0599 e. The van der Waals surface area contributed by atoms with Crippen LogP contribution >= 0.6 is 0 Å². The molecule has 2 fully saturated rings. The number of rotatable bonds is 0. The summed E-state index contributed by atoms with van der Waals surface area (Å²) in [5.74, 6) is 2.00. The van der Waals surface area contributed by atoms with Gasteiger partial charge < -0.3 is 0 Å². The van der Waals surface area contributed by atoms with Crippen molar-refractivity contribution in [2.75, 3.05) is 0 Å². The second-order valence-electron chi connectivity index (χ2n) is 8.44. The second kappa shape index (κ2) is 3.02. The standard InChI is InChI=1S/C15H28/c1-13(2,3)11-7-15(8-11)9-12(10-15)14(4,5)6/h11-12H,7-10H2,1-6H3. The molecule has 0 N–H and O–H groups in total. The highest BCUT2D eigenvalue weighted by atomic mass is 14.6. The molecule has 0 aliphatic heterocycles. The van der Waals surface area contributed by atoms with Crippen LogP contribution in [0.4, 0.5) is 0 Å². The molecular weight excluding hydrogens is 180 g/mol. The van der Waals surface area contributed by atoms with Crippen molar-refractivity contribution in [3.8, 4) is 0 Å². The molecule has 0 atom stereocenters. The number of hydrogen-bond acceptors (Lipinski definition) is 0. The van der Waals surface area contributed by atoms with Gasteiger partial charge in [0.2, 0.25) is 0 Å². The maximum Gasteiger partial charge on any atom is -0.0286 e. The predicted molar refractivity (Wildman–Crippen MR) is 66.8 cm³/mol. The van der Waals surface area contributed by atoms with E-state index in [-0.39, 0.29) is 0 Å². The molecule has 0 unspecified atom stereocenters. The molecule has 0 nitrogen and oxygen atoms in total. The molecule has 0 aromatic heterocycles. The normalized spacial score (nSPS) is 41.2. The maximum atomic E-state index is 2.41. The zero-order chi connectivity index (χ0) is 11.5. The summed E-state index contributed by atoms with van der Waals surface area (Å²) in [6.07, 6.45) is 6.07. The van der Waals surface area contributed by atoms with Crippen molar-refractivity contribution >= 4 is 0 Å². The van der Waals surface area contributed by atoms with Gasteiger partial charge in [0.15, 0.2) is 0 Å². The van der Waals surface area contributed by atoms with Crippen LogP contribution < -0.4 is 0 Å². The van der Waals surface area contributed by atoms with Crippen LogP contribution in [0.25, 0.3) is 0 Å². The Bertz CT molecular complexity index is 205. The van der Waals surface area contributed by atoms with E-state index in [9.17, 15) is 0 Å². The lowest BCUT2D eigenvalue weighted by atomic mass is 9.42. The summed E-state index contributed by atoms with van der Waals surface area (Å²) in [7, 11) is 0. The highest BCUT2D eigenvalue weighted by Crippen LogP contribution is 2.67. The third kappa shape index (κ3) is 1.97. The molecular formula is C15H28. The summed E-state index contributed by atoms with van der Waals surface area (Å²) < 4.78 is 0. The number of hydrogen-bond donors (Lipinski definition) is 0. The van der Waals surface area contributed by atoms with Crippen LogP contribution in [-0.4, -0.2) is 0 Å². The first-order valence-electron chi connectivity index (χ1n) is 6.62. The zero-order valence-electron chi connectivity index (χ0n) is 11.5. The Hall–Kier alpha value is 0. The third-order valence-electron chi connectivity index (χ3n) is 5.17. The lowest BCUT2D eigenvalue weighted by Gasteiger charge is -2.63. The quantitative estimate of drug-likeness (QED) is 0.532. The first-order chi connectivity index (χ1) is 6.62. The van der Waals surface area contributed by atoms with Crippen molar-refractivity contribution in [3.05, 3.63) is 0 Å². The summed E-state index contributed by atoms with van der Waals surface area (Å²) in [6, 6.07) is 0. The monoisotopic (exact) mass is 208 g/mol. The molecule has 1 spiro atoms. The molecule has 0 aromatic carbocycles. The Morgan fingerprint density at radius 2 is 0.933 bits per heavy atom. The SMILES string of the molecule is CC(C)(C)C1CC2(C1)CC(C(C)(C)C)C2. The highest BCUT2D eigenvalue weighted by Gasteiger charge is 2.56. The van der Waals surface area contributed by atoms with Gasteiger partial charge in [-0.25, -0.2) is 0 Å². The van der Waals surface area contributed by atoms with Crippen molar-refractivity contribution in [1.82, 2.24) is 0 Å². The van der Waals surface area contributed by atoms with Crippen molar-refractivity contribution in [2.24, 2.45) is 28.1 Å². The Morgan fingerprint density at radius 3 is 1.13 bits per heavy atom. The van der Waals surface area contributed by atoms with E-state index in [2.05, 4.69) is 41.5 Å². The molecule has 0 amide bonds. The van der Waals surface area contributed by atoms with E-state index in [1.807, 2.05) is 0 Å². The van der Waals surface area contributed by atoms with Crippen molar-refractivity contribution in [3.63, 3.8) is 0 Å². The van der Waals surface area contributed by atoms with E-state index in [1.54, 1.807) is 0 Å². The average Bonchev–Trinajstić information content (AvgIpc) is 1.71. The summed E-state index contributed by atoms with van der Waals surface area (Å²) in [4.78, 5) is 0. The summed E-state index contributed by atoms with van der Waals surface area (Å²) >= 11 is 0. The molecule has 2 saturated carbocycles. The largest absolute Gasteiger partial charge is 0.0599 e. The molecule has 0 aromatic rings. The van der Waals surface area contributed by atoms with Crippen LogP contribution in [0.1, 0.15) is 67.2 Å². The molecule has 0 radical (unpaired) electrons. The molecule has 0 saturated heterocycles. The Morgan fingerprint density at radius 1 is 0.667 bits per heavy atom. The molecule has 88 valence electrons. The van der Waals surface area contributed by atoms with Gasteiger partial charge in [-0.05, 0) is 53.8 Å². The topological polar surface area (TPSA) is 0 Å². The first-order valence-corrected chi connectivity index (χ1v) is 6.62. The molecule has 0 heteroatoms. The molecule has 2 aliphatic rings. The van der Waals surface area contributed by atoms with Crippen LogP contribution in [0.15, 0.2) is 0 Å². The second-order valence-corrected chi connectivity index (χ2v) is 8.44. The predicted octanol–water partition coefficient (Wildman–Crippen LogP) is 4.89. The van der Waals surface area contributed by atoms with Gasteiger partial charge in [0.25, 0.3) is 0 Å². The highest BCUT2D eigenvalue weighted by molar-refractivity contribution is 5.07.